The lowest BCUT2D eigenvalue weighted by Gasteiger charge is -2.16. The van der Waals surface area contributed by atoms with Gasteiger partial charge in [-0.1, -0.05) is 53.4 Å². The summed E-state index contributed by atoms with van der Waals surface area (Å²) in [6.07, 6.45) is 4.99. The summed E-state index contributed by atoms with van der Waals surface area (Å²) in [7, 11) is 0. The van der Waals surface area contributed by atoms with E-state index in [0.29, 0.717) is 20.8 Å². The van der Waals surface area contributed by atoms with Crippen molar-refractivity contribution in [3.63, 3.8) is 0 Å². The highest BCUT2D eigenvalue weighted by Crippen LogP contribution is 2.52. The summed E-state index contributed by atoms with van der Waals surface area (Å²) in [5.74, 6) is -0.671. The van der Waals surface area contributed by atoms with Crippen molar-refractivity contribution < 1.29 is 18.8 Å². The molecule has 0 spiro atoms. The smallest absolute Gasteiger partial charge is 0.233 e. The van der Waals surface area contributed by atoms with Crippen LogP contribution < -0.4 is 5.32 Å². The van der Waals surface area contributed by atoms with Crippen molar-refractivity contribution in [1.82, 2.24) is 15.1 Å². The van der Waals surface area contributed by atoms with Crippen LogP contribution in [0.25, 0.3) is 0 Å². The van der Waals surface area contributed by atoms with Gasteiger partial charge in [0.1, 0.15) is 5.82 Å². The van der Waals surface area contributed by atoms with Crippen LogP contribution in [-0.2, 0) is 20.1 Å². The Hall–Kier alpha value is -2.59. The maximum atomic E-state index is 13.7. The Balaban J connectivity index is 1.12. The highest BCUT2D eigenvalue weighted by molar-refractivity contribution is 8.00. The number of imide groups is 1. The Labute approximate surface area is 186 Å². The van der Waals surface area contributed by atoms with Gasteiger partial charge in [-0.25, -0.2) is 4.39 Å². The van der Waals surface area contributed by atoms with Gasteiger partial charge in [0.2, 0.25) is 22.9 Å². The summed E-state index contributed by atoms with van der Waals surface area (Å²) in [6, 6.07) is 6.53. The molecule has 10 heteroatoms. The summed E-state index contributed by atoms with van der Waals surface area (Å²) in [5, 5.41) is 10.9. The van der Waals surface area contributed by atoms with Gasteiger partial charge in [-0.15, -0.1) is 10.2 Å². The summed E-state index contributed by atoms with van der Waals surface area (Å²) < 4.78 is 14.3. The number of aromatic nitrogens is 2. The molecule has 160 valence electrons. The number of benzene rings is 1. The first-order chi connectivity index (χ1) is 15.0. The molecule has 0 radical (unpaired) electrons. The Morgan fingerprint density at radius 3 is 2.58 bits per heavy atom. The second kappa shape index (κ2) is 8.16. The Bertz CT molecular complexity index is 1060. The molecule has 1 aromatic carbocycles. The average Bonchev–Trinajstić information content (AvgIpc) is 3.52. The molecule has 5 rings (SSSR count). The number of halogens is 1. The minimum atomic E-state index is -0.333. The van der Waals surface area contributed by atoms with E-state index in [4.69, 9.17) is 0 Å². The van der Waals surface area contributed by atoms with Crippen LogP contribution in [0.15, 0.2) is 40.8 Å². The van der Waals surface area contributed by atoms with E-state index in [1.807, 2.05) is 12.2 Å². The number of rotatable bonds is 7. The van der Waals surface area contributed by atoms with Gasteiger partial charge in [0, 0.05) is 18.7 Å². The molecule has 3 aliphatic rings. The molecule has 4 atom stereocenters. The van der Waals surface area contributed by atoms with E-state index < -0.39 is 0 Å². The lowest BCUT2D eigenvalue weighted by Crippen LogP contribution is -2.35. The number of carbonyl (C=O) groups excluding carboxylic acids is 3. The fourth-order valence-corrected chi connectivity index (χ4v) is 6.41. The zero-order valence-corrected chi connectivity index (χ0v) is 18.0. The lowest BCUT2D eigenvalue weighted by molar-refractivity contribution is -0.140. The third-order valence-electron chi connectivity index (χ3n) is 6.09. The van der Waals surface area contributed by atoms with Crippen molar-refractivity contribution in [3.05, 3.63) is 47.8 Å². The predicted octanol–water partition coefficient (Wildman–Crippen LogP) is 3.11. The maximum absolute atomic E-state index is 13.7. The van der Waals surface area contributed by atoms with Crippen molar-refractivity contribution in [1.29, 1.82) is 0 Å². The Morgan fingerprint density at radius 2 is 1.87 bits per heavy atom. The van der Waals surface area contributed by atoms with Gasteiger partial charge in [0.25, 0.3) is 0 Å². The van der Waals surface area contributed by atoms with E-state index in [0.717, 1.165) is 6.42 Å². The first-order valence-corrected chi connectivity index (χ1v) is 11.8. The molecule has 1 aromatic heterocycles. The average molecular weight is 459 g/mol. The van der Waals surface area contributed by atoms with E-state index in [1.54, 1.807) is 18.2 Å². The molecule has 1 saturated heterocycles. The maximum Gasteiger partial charge on any atom is 0.233 e. The standard InChI is InChI=1S/C21H19FN4O3S2/c22-14-4-2-1-3-13(14)10-30-21-25-24-20(31-21)23-15(27)7-8-26-18(28)16-11-5-6-12(9-11)17(16)19(26)29/h1-6,11-12,16-17H,7-10H2,(H,23,24,27)/t11-,12+,16-,17-/m0/s1. The lowest BCUT2D eigenvalue weighted by atomic mass is 9.85. The van der Waals surface area contributed by atoms with Crippen LogP contribution in [0.5, 0.6) is 0 Å². The number of fused-ring (bicyclic) bond motifs is 5. The molecule has 2 aromatic rings. The first-order valence-electron chi connectivity index (χ1n) is 10.0. The highest BCUT2D eigenvalue weighted by Gasteiger charge is 2.59. The number of nitrogens with zero attached hydrogens (tertiary/aromatic N) is 3. The van der Waals surface area contributed by atoms with Gasteiger partial charge in [0.15, 0.2) is 4.34 Å². The zero-order valence-electron chi connectivity index (χ0n) is 16.4. The molecule has 2 aliphatic carbocycles. The molecule has 2 fully saturated rings. The second-order valence-corrected chi connectivity index (χ2v) is 10.1. The highest BCUT2D eigenvalue weighted by atomic mass is 32.2. The molecule has 1 aliphatic heterocycles. The Kier molecular flexibility index (Phi) is 5.35. The molecule has 2 heterocycles. The second-order valence-electron chi connectivity index (χ2n) is 7.88. The van der Waals surface area contributed by atoms with Crippen LogP contribution in [0.2, 0.25) is 0 Å². The van der Waals surface area contributed by atoms with Crippen LogP contribution in [0.3, 0.4) is 0 Å². The molecule has 0 unspecified atom stereocenters. The monoisotopic (exact) mass is 458 g/mol. The number of carbonyl (C=O) groups is 3. The van der Waals surface area contributed by atoms with Gasteiger partial charge >= 0.3 is 0 Å². The first kappa shape index (κ1) is 20.3. The minimum Gasteiger partial charge on any atom is -0.300 e. The normalized spacial score (nSPS) is 26.0. The molecule has 31 heavy (non-hydrogen) atoms. The number of anilines is 1. The molecule has 3 amide bonds. The van der Waals surface area contributed by atoms with Crippen molar-refractivity contribution >= 4 is 46.0 Å². The van der Waals surface area contributed by atoms with Crippen LogP contribution in [0.1, 0.15) is 18.4 Å². The van der Waals surface area contributed by atoms with Crippen molar-refractivity contribution in [2.75, 3.05) is 11.9 Å². The fraction of sp³-hybridized carbons (Fsp3) is 0.381. The van der Waals surface area contributed by atoms with Gasteiger partial charge in [-0.05, 0) is 29.9 Å². The number of thioether (sulfide) groups is 1. The third kappa shape index (κ3) is 3.78. The van der Waals surface area contributed by atoms with E-state index in [-0.39, 0.29) is 60.2 Å². The molecule has 2 bridgehead atoms. The summed E-state index contributed by atoms with van der Waals surface area (Å²) in [4.78, 5) is 38.9. The van der Waals surface area contributed by atoms with Crippen LogP contribution >= 0.6 is 23.1 Å². The number of likely N-dealkylation sites (tertiary alicyclic amines) is 1. The van der Waals surface area contributed by atoms with Crippen LogP contribution in [-0.4, -0.2) is 39.4 Å². The molecule has 7 nitrogen and oxygen atoms in total. The van der Waals surface area contributed by atoms with E-state index in [2.05, 4.69) is 15.5 Å². The SMILES string of the molecule is O=C(CCN1C(=O)[C@@H]2[C@@H](C1=O)[C@H]1C=C[C@@H]2C1)Nc1nnc(SCc2ccccc2F)s1. The van der Waals surface area contributed by atoms with E-state index >= 15 is 0 Å². The summed E-state index contributed by atoms with van der Waals surface area (Å²) >= 11 is 2.53. The van der Waals surface area contributed by atoms with Crippen LogP contribution in [0.4, 0.5) is 9.52 Å². The predicted molar refractivity (Wildman–Crippen MR) is 114 cm³/mol. The number of nitrogens with one attached hydrogen (secondary N) is 1. The molecule has 1 saturated carbocycles. The van der Waals surface area contributed by atoms with Gasteiger partial charge in [-0.3, -0.25) is 19.3 Å². The van der Waals surface area contributed by atoms with Crippen molar-refractivity contribution in [3.8, 4) is 0 Å². The zero-order chi connectivity index (χ0) is 21.5. The van der Waals surface area contributed by atoms with Gasteiger partial charge < -0.3 is 5.32 Å². The molecular weight excluding hydrogens is 439 g/mol. The quantitative estimate of drug-likeness (QED) is 0.297. The van der Waals surface area contributed by atoms with Crippen LogP contribution in [0, 0.1) is 29.5 Å². The number of amides is 3. The third-order valence-corrected chi connectivity index (χ3v) is 8.11. The fourth-order valence-electron chi connectivity index (χ4n) is 4.65. The number of hydrogen-bond donors (Lipinski definition) is 1. The number of allylic oxidation sites excluding steroid dienone is 2. The van der Waals surface area contributed by atoms with E-state index in [1.165, 1.54) is 34.1 Å². The Morgan fingerprint density at radius 1 is 1.16 bits per heavy atom. The van der Waals surface area contributed by atoms with Crippen molar-refractivity contribution in [2.24, 2.45) is 23.7 Å². The molecular formula is C21H19FN4O3S2. The summed E-state index contributed by atoms with van der Waals surface area (Å²) in [5.41, 5.74) is 0.571. The van der Waals surface area contributed by atoms with Gasteiger partial charge in [0.05, 0.1) is 11.8 Å². The summed E-state index contributed by atoms with van der Waals surface area (Å²) in [6.45, 7) is 0.0731. The topological polar surface area (TPSA) is 92.3 Å². The number of hydrogen-bond acceptors (Lipinski definition) is 7. The largest absolute Gasteiger partial charge is 0.300 e. The van der Waals surface area contributed by atoms with Crippen molar-refractivity contribution in [2.45, 2.75) is 22.9 Å². The molecule has 1 N–H and O–H groups in total. The van der Waals surface area contributed by atoms with E-state index in [9.17, 15) is 18.8 Å². The minimum absolute atomic E-state index is 0.0109. The van der Waals surface area contributed by atoms with Gasteiger partial charge in [-0.2, -0.15) is 0 Å².